The first-order valence-corrected chi connectivity index (χ1v) is 11.1. The maximum Gasteiger partial charge on any atom is 0.303 e. The summed E-state index contributed by atoms with van der Waals surface area (Å²) in [5, 5.41) is 0. The van der Waals surface area contributed by atoms with Crippen LogP contribution in [0, 0.1) is 0 Å². The first kappa shape index (κ1) is 24.3. The van der Waals surface area contributed by atoms with Gasteiger partial charge in [0.1, 0.15) is 5.75 Å². The third kappa shape index (κ3) is 6.58. The van der Waals surface area contributed by atoms with Crippen molar-refractivity contribution >= 4 is 29.7 Å². The van der Waals surface area contributed by atoms with E-state index in [4.69, 9.17) is 23.7 Å². The predicted octanol–water partition coefficient (Wildman–Crippen LogP) is 2.40. The minimum Gasteiger partial charge on any atom is -0.481 e. The average Bonchev–Trinajstić information content (AvgIpc) is 2.77. The number of hydrogen-bond acceptors (Lipinski definition) is 11. The van der Waals surface area contributed by atoms with Crippen molar-refractivity contribution < 1.29 is 38.1 Å². The smallest absolute Gasteiger partial charge is 0.303 e. The summed E-state index contributed by atoms with van der Waals surface area (Å²) >= 11 is 1.27. The van der Waals surface area contributed by atoms with E-state index in [1.807, 2.05) is 6.07 Å². The minimum absolute atomic E-state index is 0.273. The fraction of sp³-hybridized carbons (Fsp3) is 0.409. The van der Waals surface area contributed by atoms with E-state index in [1.165, 1.54) is 45.8 Å². The quantitative estimate of drug-likeness (QED) is 0.432. The Morgan fingerprint density at radius 2 is 1.61 bits per heavy atom. The Balaban J connectivity index is 1.85. The van der Waals surface area contributed by atoms with Crippen LogP contribution in [-0.4, -0.2) is 64.5 Å². The number of thioether (sulfide) groups is 1. The van der Waals surface area contributed by atoms with Crippen LogP contribution < -0.4 is 9.47 Å². The van der Waals surface area contributed by atoms with Crippen molar-refractivity contribution in [3.8, 4) is 22.8 Å². The molecule has 4 atom stereocenters. The molecule has 3 heterocycles. The number of rotatable bonds is 7. The van der Waals surface area contributed by atoms with Gasteiger partial charge in [0.15, 0.2) is 23.7 Å². The third-order valence-corrected chi connectivity index (χ3v) is 5.76. The molecule has 1 aliphatic rings. The molecule has 0 N–H and O–H groups in total. The molecule has 33 heavy (non-hydrogen) atoms. The van der Waals surface area contributed by atoms with Crippen molar-refractivity contribution in [1.29, 1.82) is 0 Å². The Kier molecular flexibility index (Phi) is 8.10. The highest BCUT2D eigenvalue weighted by atomic mass is 32.2. The molecule has 3 rings (SSSR count). The Morgan fingerprint density at radius 3 is 2.21 bits per heavy atom. The van der Waals surface area contributed by atoms with Gasteiger partial charge in [0, 0.05) is 56.1 Å². The van der Waals surface area contributed by atoms with Crippen LogP contribution in [-0.2, 0) is 28.6 Å². The molecule has 0 amide bonds. The van der Waals surface area contributed by atoms with Crippen LogP contribution >= 0.6 is 11.8 Å². The Bertz CT molecular complexity index is 1000. The Labute approximate surface area is 194 Å². The second-order valence-electron chi connectivity index (χ2n) is 7.11. The summed E-state index contributed by atoms with van der Waals surface area (Å²) in [5.41, 5.74) is 0.812. The van der Waals surface area contributed by atoms with Crippen LogP contribution in [0.4, 0.5) is 0 Å². The molecule has 11 heteroatoms. The van der Waals surface area contributed by atoms with Gasteiger partial charge in [-0.15, -0.1) is 11.8 Å². The van der Waals surface area contributed by atoms with Gasteiger partial charge in [0.2, 0.25) is 5.88 Å². The van der Waals surface area contributed by atoms with Crippen LogP contribution in [0.25, 0.3) is 11.1 Å². The second kappa shape index (κ2) is 11.0. The van der Waals surface area contributed by atoms with Gasteiger partial charge >= 0.3 is 17.9 Å². The molecule has 0 unspecified atom stereocenters. The second-order valence-corrected chi connectivity index (χ2v) is 8.25. The minimum atomic E-state index is -1.02. The van der Waals surface area contributed by atoms with Crippen molar-refractivity contribution in [1.82, 2.24) is 9.97 Å². The lowest BCUT2D eigenvalue weighted by atomic mass is 10.1. The molecule has 1 aliphatic heterocycles. The molecule has 0 aliphatic carbocycles. The van der Waals surface area contributed by atoms with Crippen molar-refractivity contribution in [2.45, 2.75) is 44.5 Å². The van der Waals surface area contributed by atoms with E-state index in [0.717, 1.165) is 11.1 Å². The van der Waals surface area contributed by atoms with E-state index in [2.05, 4.69) is 9.97 Å². The van der Waals surface area contributed by atoms with Crippen molar-refractivity contribution in [3.05, 3.63) is 36.8 Å². The largest absolute Gasteiger partial charge is 0.481 e. The van der Waals surface area contributed by atoms with Gasteiger partial charge < -0.3 is 23.7 Å². The molecule has 0 aromatic carbocycles. The molecule has 2 aromatic heterocycles. The molecule has 2 aromatic rings. The van der Waals surface area contributed by atoms with Gasteiger partial charge in [-0.2, -0.15) is 0 Å². The van der Waals surface area contributed by atoms with Crippen LogP contribution in [0.3, 0.4) is 0 Å². The van der Waals surface area contributed by atoms with Crippen LogP contribution in [0.2, 0.25) is 0 Å². The number of nitrogens with zero attached hydrogens (tertiary/aromatic N) is 2. The molecule has 1 fully saturated rings. The van der Waals surface area contributed by atoms with Gasteiger partial charge in [-0.3, -0.25) is 19.4 Å². The number of methoxy groups -OCH3 is 1. The van der Waals surface area contributed by atoms with Crippen molar-refractivity contribution in [2.24, 2.45) is 0 Å². The first-order chi connectivity index (χ1) is 15.8. The zero-order valence-electron chi connectivity index (χ0n) is 18.5. The fourth-order valence-electron chi connectivity index (χ4n) is 3.26. The number of carbonyl (C=O) groups is 3. The molecule has 10 nitrogen and oxygen atoms in total. The van der Waals surface area contributed by atoms with Crippen molar-refractivity contribution in [3.63, 3.8) is 0 Å². The van der Waals surface area contributed by atoms with E-state index in [-0.39, 0.29) is 5.75 Å². The summed E-state index contributed by atoms with van der Waals surface area (Å²) < 4.78 is 27.3. The van der Waals surface area contributed by atoms with Gasteiger partial charge in [-0.1, -0.05) is 0 Å². The lowest BCUT2D eigenvalue weighted by molar-refractivity contribution is -0.186. The zero-order chi connectivity index (χ0) is 24.0. The van der Waals surface area contributed by atoms with Crippen LogP contribution in [0.5, 0.6) is 11.6 Å². The summed E-state index contributed by atoms with van der Waals surface area (Å²) in [4.78, 5) is 43.4. The predicted molar refractivity (Wildman–Crippen MR) is 118 cm³/mol. The van der Waals surface area contributed by atoms with E-state index in [9.17, 15) is 14.4 Å². The van der Waals surface area contributed by atoms with Gasteiger partial charge in [-0.25, -0.2) is 4.98 Å². The van der Waals surface area contributed by atoms with E-state index in [1.54, 1.807) is 24.5 Å². The SMILES string of the molecule is COc1ccc(-c2cncc(O[C@@H]3SC[C@@H](OC(C)=O)[C@H](OC(C)=O)[C@H]3OC(C)=O)c2)cn1. The van der Waals surface area contributed by atoms with E-state index >= 15 is 0 Å². The summed E-state index contributed by atoms with van der Waals surface area (Å²) in [5.74, 6) is -0.563. The zero-order valence-corrected chi connectivity index (χ0v) is 19.4. The molecular weight excluding hydrogens is 452 g/mol. The number of esters is 3. The normalized spacial score (nSPS) is 22.1. The highest BCUT2D eigenvalue weighted by molar-refractivity contribution is 7.99. The summed E-state index contributed by atoms with van der Waals surface area (Å²) in [6, 6.07) is 5.33. The van der Waals surface area contributed by atoms with Crippen LogP contribution in [0.15, 0.2) is 36.8 Å². The number of carbonyl (C=O) groups excluding carboxylic acids is 3. The third-order valence-electron chi connectivity index (χ3n) is 4.55. The Morgan fingerprint density at radius 1 is 0.909 bits per heavy atom. The summed E-state index contributed by atoms with van der Waals surface area (Å²) in [7, 11) is 1.54. The maximum atomic E-state index is 11.8. The molecule has 0 radical (unpaired) electrons. The first-order valence-electron chi connectivity index (χ1n) is 10.0. The molecule has 176 valence electrons. The van der Waals surface area contributed by atoms with Crippen LogP contribution in [0.1, 0.15) is 20.8 Å². The Hall–Kier alpha value is -3.34. The van der Waals surface area contributed by atoms with E-state index < -0.39 is 41.7 Å². The van der Waals surface area contributed by atoms with E-state index in [0.29, 0.717) is 11.6 Å². The topological polar surface area (TPSA) is 123 Å². The molecule has 0 bridgehead atoms. The average molecular weight is 477 g/mol. The van der Waals surface area contributed by atoms with Gasteiger partial charge in [-0.05, 0) is 12.1 Å². The molecule has 0 saturated carbocycles. The lowest BCUT2D eigenvalue weighted by Crippen LogP contribution is -2.55. The number of pyridine rings is 2. The molecule has 0 spiro atoms. The van der Waals surface area contributed by atoms with Gasteiger partial charge in [0.25, 0.3) is 0 Å². The maximum absolute atomic E-state index is 11.8. The highest BCUT2D eigenvalue weighted by Gasteiger charge is 2.47. The number of ether oxygens (including phenoxy) is 5. The monoisotopic (exact) mass is 476 g/mol. The molecule has 1 saturated heterocycles. The standard InChI is InChI=1S/C22H24N2O8S/c1-12(25)29-18-11-33-22(21(31-14(3)27)20(18)30-13(2)26)32-17-7-16(8-23-10-17)15-5-6-19(28-4)24-9-15/h5-10,18,20-22H,11H2,1-4H3/t18-,20+,21-,22-/m1/s1. The number of hydrogen-bond donors (Lipinski definition) is 0. The summed E-state index contributed by atoms with van der Waals surface area (Å²) in [6.07, 6.45) is 1.99. The fourth-order valence-corrected chi connectivity index (χ4v) is 4.47. The highest BCUT2D eigenvalue weighted by Crippen LogP contribution is 2.35. The van der Waals surface area contributed by atoms with Gasteiger partial charge in [0.05, 0.1) is 13.3 Å². The summed E-state index contributed by atoms with van der Waals surface area (Å²) in [6.45, 7) is 3.72. The molecular formula is C22H24N2O8S. The number of aromatic nitrogens is 2. The van der Waals surface area contributed by atoms with Crippen molar-refractivity contribution in [2.75, 3.05) is 12.9 Å². The lowest BCUT2D eigenvalue weighted by Gasteiger charge is -2.39.